The van der Waals surface area contributed by atoms with E-state index in [2.05, 4.69) is 14.8 Å². The molecule has 1 aliphatic rings. The maximum absolute atomic E-state index is 6.02. The highest BCUT2D eigenvalue weighted by Gasteiger charge is 2.18. The van der Waals surface area contributed by atoms with Crippen LogP contribution >= 0.6 is 24.0 Å². The molecule has 6 nitrogen and oxygen atoms in total. The second-order valence-electron chi connectivity index (χ2n) is 4.79. The normalized spacial score (nSPS) is 17.9. The van der Waals surface area contributed by atoms with Crippen LogP contribution in [0.2, 0.25) is 0 Å². The summed E-state index contributed by atoms with van der Waals surface area (Å²) in [7, 11) is 4.02. The van der Waals surface area contributed by atoms with Crippen LogP contribution in [0.5, 0.6) is 0 Å². The van der Waals surface area contributed by atoms with Gasteiger partial charge in [-0.2, -0.15) is 0 Å². The molecular formula is C13H23IN4O2. The van der Waals surface area contributed by atoms with E-state index >= 15 is 0 Å². The number of nitrogens with zero attached hydrogens (tertiary/aromatic N) is 3. The van der Waals surface area contributed by atoms with Gasteiger partial charge >= 0.3 is 0 Å². The van der Waals surface area contributed by atoms with Crippen LogP contribution in [0.3, 0.4) is 0 Å². The largest absolute Gasteiger partial charge is 0.468 e. The molecule has 1 unspecified atom stereocenters. The van der Waals surface area contributed by atoms with E-state index in [1.807, 2.05) is 26.2 Å². The third-order valence-corrected chi connectivity index (χ3v) is 3.26. The summed E-state index contributed by atoms with van der Waals surface area (Å²) in [6.07, 6.45) is 1.68. The molecule has 1 saturated heterocycles. The van der Waals surface area contributed by atoms with Crippen molar-refractivity contribution in [1.82, 2.24) is 9.80 Å². The standard InChI is InChI=1S/C13H22N4O2.HI/c1-16(2)11(12-4-3-7-19-12)10-15-13(14)17-5-8-18-9-6-17;/h3-4,7,11H,5-6,8-10H2,1-2H3,(H2,14,15);1H. The van der Waals surface area contributed by atoms with Crippen LogP contribution in [0.1, 0.15) is 11.8 Å². The topological polar surface area (TPSA) is 67.2 Å². The quantitative estimate of drug-likeness (QED) is 0.472. The Hall–Kier alpha value is -0.800. The van der Waals surface area contributed by atoms with Crippen LogP contribution in [0.4, 0.5) is 0 Å². The van der Waals surface area contributed by atoms with Gasteiger partial charge in [0.05, 0.1) is 32.1 Å². The summed E-state index contributed by atoms with van der Waals surface area (Å²) in [5.74, 6) is 1.49. The zero-order valence-electron chi connectivity index (χ0n) is 12.0. The molecule has 0 amide bonds. The predicted octanol–water partition coefficient (Wildman–Crippen LogP) is 1.15. The number of hydrogen-bond acceptors (Lipinski definition) is 4. The first kappa shape index (κ1) is 17.3. The minimum atomic E-state index is 0. The Bertz CT molecular complexity index is 403. The lowest BCUT2D eigenvalue weighted by atomic mass is 10.2. The number of ether oxygens (including phenoxy) is 1. The molecule has 0 bridgehead atoms. The molecule has 0 aromatic carbocycles. The monoisotopic (exact) mass is 394 g/mol. The van der Waals surface area contributed by atoms with Gasteiger partial charge in [0.25, 0.3) is 0 Å². The number of aliphatic imine (C=N–C) groups is 1. The maximum atomic E-state index is 6.02. The summed E-state index contributed by atoms with van der Waals surface area (Å²) in [4.78, 5) is 8.62. The summed E-state index contributed by atoms with van der Waals surface area (Å²) in [6.45, 7) is 3.63. The van der Waals surface area contributed by atoms with Crippen molar-refractivity contribution in [1.29, 1.82) is 0 Å². The molecule has 0 radical (unpaired) electrons. The molecule has 1 aromatic heterocycles. The highest BCUT2D eigenvalue weighted by Crippen LogP contribution is 2.18. The lowest BCUT2D eigenvalue weighted by Crippen LogP contribution is -2.45. The van der Waals surface area contributed by atoms with Crippen molar-refractivity contribution in [3.8, 4) is 0 Å². The van der Waals surface area contributed by atoms with E-state index in [9.17, 15) is 0 Å². The van der Waals surface area contributed by atoms with Crippen molar-refractivity contribution in [2.24, 2.45) is 10.7 Å². The molecule has 1 fully saturated rings. The lowest BCUT2D eigenvalue weighted by Gasteiger charge is -2.28. The molecule has 0 saturated carbocycles. The van der Waals surface area contributed by atoms with E-state index in [0.29, 0.717) is 25.7 Å². The highest BCUT2D eigenvalue weighted by molar-refractivity contribution is 14.0. The van der Waals surface area contributed by atoms with Gasteiger partial charge in [0.15, 0.2) is 5.96 Å². The second kappa shape index (κ2) is 8.48. The molecule has 0 spiro atoms. The Kier molecular flexibility index (Phi) is 7.31. The molecular weight excluding hydrogens is 371 g/mol. The van der Waals surface area contributed by atoms with E-state index in [-0.39, 0.29) is 30.0 Å². The van der Waals surface area contributed by atoms with Gasteiger partial charge in [0.1, 0.15) is 5.76 Å². The molecule has 1 aromatic rings. The van der Waals surface area contributed by atoms with Crippen molar-refractivity contribution < 1.29 is 9.15 Å². The SMILES string of the molecule is CN(C)C(CN=C(N)N1CCOCC1)c1ccco1.I. The van der Waals surface area contributed by atoms with E-state index in [1.54, 1.807) is 6.26 Å². The number of hydrogen-bond donors (Lipinski definition) is 1. The van der Waals surface area contributed by atoms with Gasteiger partial charge in [-0.1, -0.05) is 0 Å². The average molecular weight is 394 g/mol. The minimum absolute atomic E-state index is 0. The molecule has 20 heavy (non-hydrogen) atoms. The van der Waals surface area contributed by atoms with Gasteiger partial charge in [-0.15, -0.1) is 24.0 Å². The third kappa shape index (κ3) is 4.64. The Labute approximate surface area is 137 Å². The predicted molar refractivity (Wildman–Crippen MR) is 89.4 cm³/mol. The van der Waals surface area contributed by atoms with Gasteiger partial charge in [-0.25, -0.2) is 0 Å². The van der Waals surface area contributed by atoms with Gasteiger partial charge in [0.2, 0.25) is 0 Å². The van der Waals surface area contributed by atoms with E-state index in [4.69, 9.17) is 14.9 Å². The van der Waals surface area contributed by atoms with Gasteiger partial charge < -0.3 is 19.8 Å². The maximum Gasteiger partial charge on any atom is 0.191 e. The fraction of sp³-hybridized carbons (Fsp3) is 0.615. The molecule has 114 valence electrons. The Morgan fingerprint density at radius 1 is 1.45 bits per heavy atom. The first-order valence-corrected chi connectivity index (χ1v) is 6.51. The smallest absolute Gasteiger partial charge is 0.191 e. The Morgan fingerprint density at radius 2 is 2.15 bits per heavy atom. The lowest BCUT2D eigenvalue weighted by molar-refractivity contribution is 0.0673. The van der Waals surface area contributed by atoms with Gasteiger partial charge in [-0.05, 0) is 26.2 Å². The van der Waals surface area contributed by atoms with E-state index in [0.717, 1.165) is 18.8 Å². The molecule has 7 heteroatoms. The highest BCUT2D eigenvalue weighted by atomic mass is 127. The zero-order chi connectivity index (χ0) is 13.7. The van der Waals surface area contributed by atoms with Crippen LogP contribution in [-0.2, 0) is 4.74 Å². The third-order valence-electron chi connectivity index (χ3n) is 3.26. The number of rotatable bonds is 4. The van der Waals surface area contributed by atoms with Crippen LogP contribution in [0.25, 0.3) is 0 Å². The van der Waals surface area contributed by atoms with Crippen molar-refractivity contribution in [2.75, 3.05) is 46.9 Å². The molecule has 2 heterocycles. The number of morpholine rings is 1. The molecule has 1 aliphatic heterocycles. The van der Waals surface area contributed by atoms with Gasteiger partial charge in [0, 0.05) is 13.1 Å². The number of likely N-dealkylation sites (N-methyl/N-ethyl adjacent to an activating group) is 1. The van der Waals surface area contributed by atoms with Crippen molar-refractivity contribution >= 4 is 29.9 Å². The summed E-state index contributed by atoms with van der Waals surface area (Å²) >= 11 is 0. The number of furan rings is 1. The van der Waals surface area contributed by atoms with Crippen LogP contribution in [0, 0.1) is 0 Å². The molecule has 2 rings (SSSR count). The van der Waals surface area contributed by atoms with E-state index in [1.165, 1.54) is 0 Å². The van der Waals surface area contributed by atoms with Crippen molar-refractivity contribution in [3.63, 3.8) is 0 Å². The molecule has 2 N–H and O–H groups in total. The van der Waals surface area contributed by atoms with Crippen molar-refractivity contribution in [2.45, 2.75) is 6.04 Å². The summed E-state index contributed by atoms with van der Waals surface area (Å²) in [6, 6.07) is 3.96. The first-order valence-electron chi connectivity index (χ1n) is 6.51. The van der Waals surface area contributed by atoms with Crippen molar-refractivity contribution in [3.05, 3.63) is 24.2 Å². The Morgan fingerprint density at radius 3 is 2.70 bits per heavy atom. The second-order valence-corrected chi connectivity index (χ2v) is 4.79. The van der Waals surface area contributed by atoms with Crippen LogP contribution in [0.15, 0.2) is 27.8 Å². The summed E-state index contributed by atoms with van der Waals surface area (Å²) in [5, 5.41) is 0. The van der Waals surface area contributed by atoms with Gasteiger partial charge in [-0.3, -0.25) is 9.89 Å². The summed E-state index contributed by atoms with van der Waals surface area (Å²) in [5.41, 5.74) is 6.02. The molecule has 0 aliphatic carbocycles. The molecule has 1 atom stereocenters. The fourth-order valence-electron chi connectivity index (χ4n) is 2.06. The minimum Gasteiger partial charge on any atom is -0.468 e. The summed E-state index contributed by atoms with van der Waals surface area (Å²) < 4.78 is 10.7. The fourth-order valence-corrected chi connectivity index (χ4v) is 2.06. The number of halogens is 1. The van der Waals surface area contributed by atoms with Crippen LogP contribution < -0.4 is 5.73 Å². The zero-order valence-corrected chi connectivity index (χ0v) is 14.3. The number of guanidine groups is 1. The number of nitrogens with two attached hydrogens (primary N) is 1. The average Bonchev–Trinajstić information content (AvgIpc) is 2.93. The van der Waals surface area contributed by atoms with E-state index < -0.39 is 0 Å². The Balaban J connectivity index is 0.00000200. The first-order chi connectivity index (χ1) is 9.18. The van der Waals surface area contributed by atoms with Crippen LogP contribution in [-0.4, -0.2) is 62.7 Å².